The molecule has 2 unspecified atom stereocenters. The molecule has 0 fully saturated rings. The van der Waals surface area contributed by atoms with Gasteiger partial charge >= 0.3 is 16.1 Å². The van der Waals surface area contributed by atoms with Gasteiger partial charge in [0, 0.05) is 37.7 Å². The Labute approximate surface area is 92.8 Å². The van der Waals surface area contributed by atoms with E-state index >= 15 is 0 Å². The third kappa shape index (κ3) is 346. The number of hydrogen-bond donors (Lipinski definition) is 2. The maximum Gasteiger partial charge on any atom is 0.502 e. The minimum absolute atomic E-state index is 0. The van der Waals surface area contributed by atoms with Crippen molar-refractivity contribution in [1.29, 1.82) is 0 Å². The molecule has 0 amide bonds. The normalized spacial score (nSPS) is 8.80. The summed E-state index contributed by atoms with van der Waals surface area (Å²) < 4.78 is 18.3. The molecule has 0 aliphatic rings. The minimum atomic E-state index is -1.87. The summed E-state index contributed by atoms with van der Waals surface area (Å²) in [5, 5.41) is 0. The van der Waals surface area contributed by atoms with Gasteiger partial charge in [0.15, 0.2) is 13.3 Å². The molecular weight excluding hydrogens is 202 g/mol. The molecule has 7 heteroatoms. The van der Waals surface area contributed by atoms with Gasteiger partial charge < -0.3 is 0 Å². The maximum absolute atomic E-state index is 9.15. The second kappa shape index (κ2) is 16.8. The summed E-state index contributed by atoms with van der Waals surface area (Å²) in [5.41, 5.74) is 0. The van der Waals surface area contributed by atoms with Gasteiger partial charge in [-0.15, -0.1) is 0 Å². The van der Waals surface area contributed by atoms with E-state index in [0.29, 0.717) is 0 Å². The Kier molecular flexibility index (Phi) is 37.7. The molecule has 0 aromatic rings. The molecule has 2 atom stereocenters. The van der Waals surface area contributed by atoms with Crippen LogP contribution >= 0.6 is 16.1 Å². The van der Waals surface area contributed by atoms with Crippen LogP contribution < -0.4 is 0 Å². The molecule has 0 aromatic heterocycles. The Morgan fingerprint density at radius 2 is 1.00 bits per heavy atom. The zero-order valence-corrected chi connectivity index (χ0v) is 9.31. The molecule has 2 N–H and O–H groups in total. The quantitative estimate of drug-likeness (QED) is 0.465. The Morgan fingerprint density at radius 1 is 1.00 bits per heavy atom. The van der Waals surface area contributed by atoms with Crippen LogP contribution in [0.25, 0.3) is 0 Å². The van der Waals surface area contributed by atoms with E-state index < -0.39 is 16.1 Å². The summed E-state index contributed by atoms with van der Waals surface area (Å²) in [5.74, 6) is 0. The van der Waals surface area contributed by atoms with E-state index in [2.05, 4.69) is 0 Å². The van der Waals surface area contributed by atoms with Crippen molar-refractivity contribution in [2.75, 3.05) is 13.3 Å². The van der Waals surface area contributed by atoms with Crippen LogP contribution in [-0.4, -0.2) is 60.9 Å². The second-order valence-corrected chi connectivity index (χ2v) is 2.79. The summed E-state index contributed by atoms with van der Waals surface area (Å²) in [7, 11) is -3.74. The molecule has 0 bridgehead atoms. The summed E-state index contributed by atoms with van der Waals surface area (Å²) in [6.07, 6.45) is 0. The SMILES string of the molecule is C.C[P+](=O)O.C[P+](=O)O.[Ca]. The molecule has 10 heavy (non-hydrogen) atoms. The Hall–Kier alpha value is 1.38. The molecular formula is C3H12CaO4P2+2. The van der Waals surface area contributed by atoms with Crippen LogP contribution in [0.1, 0.15) is 7.43 Å². The van der Waals surface area contributed by atoms with E-state index in [1.807, 2.05) is 0 Å². The van der Waals surface area contributed by atoms with E-state index in [1.165, 1.54) is 13.3 Å². The fourth-order valence-corrected chi connectivity index (χ4v) is 0. The first kappa shape index (κ1) is 22.5. The molecule has 58 valence electrons. The average molecular weight is 214 g/mol. The molecule has 0 saturated heterocycles. The van der Waals surface area contributed by atoms with Crippen molar-refractivity contribution in [3.05, 3.63) is 0 Å². The van der Waals surface area contributed by atoms with Gasteiger partial charge in [0.05, 0.1) is 0 Å². The van der Waals surface area contributed by atoms with Crippen molar-refractivity contribution in [2.24, 2.45) is 0 Å². The zero-order chi connectivity index (χ0) is 7.15. The van der Waals surface area contributed by atoms with E-state index in [-0.39, 0.29) is 45.2 Å². The maximum atomic E-state index is 9.15. The summed E-state index contributed by atoms with van der Waals surface area (Å²) in [4.78, 5) is 15.1. The molecule has 0 rings (SSSR count). The van der Waals surface area contributed by atoms with Gasteiger partial charge in [0.25, 0.3) is 0 Å². The third-order valence-electron chi connectivity index (χ3n) is 0. The van der Waals surface area contributed by atoms with Gasteiger partial charge in [-0.1, -0.05) is 7.43 Å². The Bertz CT molecular complexity index is 76.5. The van der Waals surface area contributed by atoms with E-state index in [9.17, 15) is 0 Å². The largest absolute Gasteiger partial charge is 0.502 e. The summed E-state index contributed by atoms with van der Waals surface area (Å²) >= 11 is 0. The van der Waals surface area contributed by atoms with Crippen molar-refractivity contribution in [3.8, 4) is 0 Å². The minimum Gasteiger partial charge on any atom is -0.161 e. The Balaban J connectivity index is -0.0000000300. The van der Waals surface area contributed by atoms with Crippen molar-refractivity contribution in [3.63, 3.8) is 0 Å². The molecule has 0 spiro atoms. The third-order valence-corrected chi connectivity index (χ3v) is 0. The van der Waals surface area contributed by atoms with Crippen molar-refractivity contribution >= 4 is 53.8 Å². The van der Waals surface area contributed by atoms with Crippen molar-refractivity contribution in [1.82, 2.24) is 0 Å². The fraction of sp³-hybridized carbons (Fsp3) is 1.00. The molecule has 4 nitrogen and oxygen atoms in total. The van der Waals surface area contributed by atoms with Gasteiger partial charge in [0.2, 0.25) is 0 Å². The van der Waals surface area contributed by atoms with Gasteiger partial charge in [-0.2, -0.15) is 9.79 Å². The summed E-state index contributed by atoms with van der Waals surface area (Å²) in [6, 6.07) is 0. The van der Waals surface area contributed by atoms with Gasteiger partial charge in [-0.05, 0) is 9.13 Å². The first-order valence-electron chi connectivity index (χ1n) is 1.66. The molecule has 0 aliphatic carbocycles. The van der Waals surface area contributed by atoms with Crippen LogP contribution in [0.3, 0.4) is 0 Å². The van der Waals surface area contributed by atoms with Crippen molar-refractivity contribution in [2.45, 2.75) is 7.43 Å². The number of hydrogen-bond acceptors (Lipinski definition) is 2. The monoisotopic (exact) mass is 214 g/mol. The first-order valence-corrected chi connectivity index (χ1v) is 4.98. The van der Waals surface area contributed by atoms with Crippen LogP contribution in [0.4, 0.5) is 0 Å². The predicted molar refractivity (Wildman–Crippen MR) is 44.0 cm³/mol. The molecule has 0 aromatic carbocycles. The number of rotatable bonds is 0. The van der Waals surface area contributed by atoms with Gasteiger partial charge in [-0.25, -0.2) is 0 Å². The van der Waals surface area contributed by atoms with E-state index in [0.717, 1.165) is 0 Å². The second-order valence-electron chi connectivity index (χ2n) is 0.928. The fourth-order valence-electron chi connectivity index (χ4n) is 0. The topological polar surface area (TPSA) is 74.6 Å². The molecule has 2 radical (unpaired) electrons. The van der Waals surface area contributed by atoms with E-state index in [1.54, 1.807) is 0 Å². The summed E-state index contributed by atoms with van der Waals surface area (Å²) in [6.45, 7) is 2.46. The van der Waals surface area contributed by atoms with Crippen LogP contribution in [0, 0.1) is 0 Å². The van der Waals surface area contributed by atoms with E-state index in [4.69, 9.17) is 18.9 Å². The zero-order valence-electron chi connectivity index (χ0n) is 5.31. The molecule has 0 aliphatic heterocycles. The van der Waals surface area contributed by atoms with Crippen molar-refractivity contribution < 1.29 is 18.9 Å². The van der Waals surface area contributed by atoms with Crippen LogP contribution in [-0.2, 0) is 9.13 Å². The van der Waals surface area contributed by atoms with Crippen LogP contribution in [0.15, 0.2) is 0 Å². The smallest absolute Gasteiger partial charge is 0.161 e. The standard InChI is InChI=1S/2CH3O2P.CH4.Ca/c2*1-4(2)3;;/h2*1H3;1H4;/p+2. The van der Waals surface area contributed by atoms with Gasteiger partial charge in [0.1, 0.15) is 0 Å². The van der Waals surface area contributed by atoms with Gasteiger partial charge in [-0.3, -0.25) is 0 Å². The predicted octanol–water partition coefficient (Wildman–Crippen LogP) is 0.957. The Morgan fingerprint density at radius 3 is 1.00 bits per heavy atom. The molecule has 0 heterocycles. The average Bonchev–Trinajstić information content (AvgIpc) is 1.25. The molecule has 0 saturated carbocycles. The van der Waals surface area contributed by atoms with Crippen LogP contribution in [0.5, 0.6) is 0 Å². The van der Waals surface area contributed by atoms with Crippen LogP contribution in [0.2, 0.25) is 0 Å². The first-order chi connectivity index (χ1) is 3.46.